The zero-order valence-electron chi connectivity index (χ0n) is 6.76. The lowest BCUT2D eigenvalue weighted by molar-refractivity contribution is -0.115. The van der Waals surface area contributed by atoms with Gasteiger partial charge in [-0.3, -0.25) is 4.79 Å². The summed E-state index contributed by atoms with van der Waals surface area (Å²) in [6.07, 6.45) is 0.296. The molecule has 13 heavy (non-hydrogen) atoms. The molecule has 0 amide bonds. The average molecular weight is 263 g/mol. The third kappa shape index (κ3) is 3.12. The van der Waals surface area contributed by atoms with Crippen LogP contribution in [-0.4, -0.2) is 11.1 Å². The van der Waals surface area contributed by atoms with Crippen LogP contribution >= 0.6 is 28.6 Å². The summed E-state index contributed by atoms with van der Waals surface area (Å²) in [5, 5.41) is 0.317. The summed E-state index contributed by atoms with van der Waals surface area (Å²) in [6.45, 7) is 0. The summed E-state index contributed by atoms with van der Waals surface area (Å²) >= 11 is 7.14. The monoisotopic (exact) mass is 262 g/mol. The van der Waals surface area contributed by atoms with Crippen LogP contribution in [0.2, 0.25) is 0 Å². The van der Waals surface area contributed by atoms with Crippen molar-refractivity contribution in [2.24, 2.45) is 0 Å². The summed E-state index contributed by atoms with van der Waals surface area (Å²) in [5.74, 6) is -0.276. The van der Waals surface area contributed by atoms with Crippen LogP contribution in [0, 0.1) is 5.82 Å². The number of hydrogen-bond acceptors (Lipinski definition) is 2. The van der Waals surface area contributed by atoms with Gasteiger partial charge in [0.2, 0.25) is 0 Å². The van der Waals surface area contributed by atoms with Crippen LogP contribution in [-0.2, 0) is 11.2 Å². The number of ketones is 1. The molecule has 0 radical (unpaired) electrons. The molecule has 1 nitrogen and oxygen atoms in total. The maximum absolute atomic E-state index is 12.6. The van der Waals surface area contributed by atoms with Crippen molar-refractivity contribution in [3.05, 3.63) is 29.6 Å². The largest absolute Gasteiger partial charge is 0.298 e. The molecule has 0 atom stereocenters. The van der Waals surface area contributed by atoms with E-state index in [1.165, 1.54) is 12.1 Å². The van der Waals surface area contributed by atoms with E-state index >= 15 is 0 Å². The maximum Gasteiger partial charge on any atom is 0.147 e. The van der Waals surface area contributed by atoms with E-state index in [0.717, 1.165) is 5.56 Å². The molecule has 0 fully saturated rings. The fraction of sp³-hybridized carbons (Fsp3) is 0.222. The lowest BCUT2D eigenvalue weighted by Gasteiger charge is -2.02. The number of hydrogen-bond donors (Lipinski definition) is 1. The SMILES string of the molecule is O=C(CBr)Cc1ccc(F)cc1S. The molecular weight excluding hydrogens is 255 g/mol. The molecule has 0 N–H and O–H groups in total. The Bertz CT molecular complexity index is 327. The van der Waals surface area contributed by atoms with Crippen LogP contribution < -0.4 is 0 Å². The number of thiol groups is 1. The number of alkyl halides is 1. The minimum Gasteiger partial charge on any atom is -0.298 e. The van der Waals surface area contributed by atoms with Gasteiger partial charge in [-0.2, -0.15) is 0 Å². The van der Waals surface area contributed by atoms with Crippen LogP contribution in [0.25, 0.3) is 0 Å². The highest BCUT2D eigenvalue weighted by molar-refractivity contribution is 9.09. The third-order valence-electron chi connectivity index (χ3n) is 1.58. The zero-order chi connectivity index (χ0) is 9.84. The Hall–Kier alpha value is -0.350. The molecule has 0 aromatic heterocycles. The highest BCUT2D eigenvalue weighted by Crippen LogP contribution is 2.16. The Morgan fingerprint density at radius 1 is 1.54 bits per heavy atom. The van der Waals surface area contributed by atoms with E-state index < -0.39 is 0 Å². The second kappa shape index (κ2) is 4.77. The van der Waals surface area contributed by atoms with E-state index in [9.17, 15) is 9.18 Å². The van der Waals surface area contributed by atoms with Gasteiger partial charge >= 0.3 is 0 Å². The summed E-state index contributed by atoms with van der Waals surface area (Å²) in [6, 6.07) is 4.22. The van der Waals surface area contributed by atoms with Crippen molar-refractivity contribution in [3.63, 3.8) is 0 Å². The minimum atomic E-state index is -0.333. The Morgan fingerprint density at radius 3 is 2.77 bits per heavy atom. The standard InChI is InChI=1S/C9H8BrFOS/c10-5-8(12)3-6-1-2-7(11)4-9(6)13/h1-2,4,13H,3,5H2. The normalized spacial score (nSPS) is 10.1. The van der Waals surface area contributed by atoms with E-state index in [4.69, 9.17) is 0 Å². The molecule has 0 aliphatic rings. The van der Waals surface area contributed by atoms with Crippen molar-refractivity contribution in [2.75, 3.05) is 5.33 Å². The second-order valence-electron chi connectivity index (χ2n) is 2.62. The fourth-order valence-corrected chi connectivity index (χ4v) is 1.42. The molecule has 0 spiro atoms. The van der Waals surface area contributed by atoms with Crippen LogP contribution in [0.5, 0.6) is 0 Å². The van der Waals surface area contributed by atoms with Crippen LogP contribution in [0.4, 0.5) is 4.39 Å². The van der Waals surface area contributed by atoms with E-state index in [-0.39, 0.29) is 11.6 Å². The van der Waals surface area contributed by atoms with E-state index in [1.54, 1.807) is 6.07 Å². The van der Waals surface area contributed by atoms with Gasteiger partial charge in [0, 0.05) is 11.3 Å². The first-order valence-corrected chi connectivity index (χ1v) is 5.25. The van der Waals surface area contributed by atoms with Crippen molar-refractivity contribution in [3.8, 4) is 0 Å². The number of Topliss-reactive ketones (excluding diaryl/α,β-unsaturated/α-hetero) is 1. The smallest absolute Gasteiger partial charge is 0.147 e. The summed E-state index contributed by atoms with van der Waals surface area (Å²) in [5.41, 5.74) is 0.759. The number of rotatable bonds is 3. The van der Waals surface area contributed by atoms with Gasteiger partial charge in [-0.25, -0.2) is 4.39 Å². The van der Waals surface area contributed by atoms with Gasteiger partial charge in [0.05, 0.1) is 5.33 Å². The summed E-state index contributed by atoms with van der Waals surface area (Å²) in [4.78, 5) is 11.6. The Kier molecular flexibility index (Phi) is 3.93. The van der Waals surface area contributed by atoms with Crippen molar-refractivity contribution < 1.29 is 9.18 Å². The molecular formula is C9H8BrFOS. The fourth-order valence-electron chi connectivity index (χ4n) is 0.946. The molecule has 4 heteroatoms. The van der Waals surface area contributed by atoms with Gasteiger partial charge in [-0.15, -0.1) is 12.6 Å². The average Bonchev–Trinajstić information content (AvgIpc) is 2.09. The molecule has 1 aromatic rings. The molecule has 1 rings (SSSR count). The van der Waals surface area contributed by atoms with Crippen LogP contribution in [0.15, 0.2) is 23.1 Å². The Balaban J connectivity index is 2.83. The first-order valence-electron chi connectivity index (χ1n) is 3.68. The Labute approximate surface area is 89.9 Å². The molecule has 1 aromatic carbocycles. The first-order chi connectivity index (χ1) is 6.13. The third-order valence-corrected chi connectivity index (χ3v) is 2.63. The quantitative estimate of drug-likeness (QED) is 0.655. The Morgan fingerprint density at radius 2 is 2.23 bits per heavy atom. The van der Waals surface area contributed by atoms with E-state index in [0.29, 0.717) is 16.6 Å². The maximum atomic E-state index is 12.6. The molecule has 70 valence electrons. The van der Waals surface area contributed by atoms with Crippen LogP contribution in [0.3, 0.4) is 0 Å². The van der Waals surface area contributed by atoms with Crippen molar-refractivity contribution in [1.29, 1.82) is 0 Å². The predicted octanol–water partition coefficient (Wildman–Crippen LogP) is 2.62. The topological polar surface area (TPSA) is 17.1 Å². The van der Waals surface area contributed by atoms with Crippen LogP contribution in [0.1, 0.15) is 5.56 Å². The second-order valence-corrected chi connectivity index (χ2v) is 3.66. The zero-order valence-corrected chi connectivity index (χ0v) is 9.24. The summed E-state index contributed by atoms with van der Waals surface area (Å²) < 4.78 is 12.6. The highest BCUT2D eigenvalue weighted by Gasteiger charge is 2.05. The highest BCUT2D eigenvalue weighted by atomic mass is 79.9. The van der Waals surface area contributed by atoms with Gasteiger partial charge in [0.25, 0.3) is 0 Å². The predicted molar refractivity (Wildman–Crippen MR) is 56.2 cm³/mol. The molecule has 0 saturated heterocycles. The van der Waals surface area contributed by atoms with Crippen molar-refractivity contribution in [2.45, 2.75) is 11.3 Å². The summed E-state index contributed by atoms with van der Waals surface area (Å²) in [7, 11) is 0. The van der Waals surface area contributed by atoms with Gasteiger partial charge < -0.3 is 0 Å². The first kappa shape index (κ1) is 10.7. The number of benzene rings is 1. The molecule has 0 aliphatic heterocycles. The number of carbonyl (C=O) groups excluding carboxylic acids is 1. The van der Waals surface area contributed by atoms with Gasteiger partial charge in [0.1, 0.15) is 11.6 Å². The molecule has 0 bridgehead atoms. The number of halogens is 2. The lowest BCUT2D eigenvalue weighted by Crippen LogP contribution is -2.04. The minimum absolute atomic E-state index is 0.0573. The van der Waals surface area contributed by atoms with Gasteiger partial charge in [0.15, 0.2) is 0 Å². The lowest BCUT2D eigenvalue weighted by atomic mass is 10.1. The van der Waals surface area contributed by atoms with E-state index in [1.807, 2.05) is 0 Å². The molecule has 0 heterocycles. The number of carbonyl (C=O) groups is 1. The van der Waals surface area contributed by atoms with Crippen molar-refractivity contribution in [1.82, 2.24) is 0 Å². The van der Waals surface area contributed by atoms with Gasteiger partial charge in [-0.05, 0) is 17.7 Å². The molecule has 0 unspecified atom stereocenters. The van der Waals surface area contributed by atoms with E-state index in [2.05, 4.69) is 28.6 Å². The molecule has 0 aliphatic carbocycles. The van der Waals surface area contributed by atoms with Gasteiger partial charge in [-0.1, -0.05) is 22.0 Å². The van der Waals surface area contributed by atoms with Crippen molar-refractivity contribution >= 4 is 34.3 Å². The molecule has 0 saturated carbocycles.